The average molecular weight is 484 g/mol. The van der Waals surface area contributed by atoms with E-state index in [1.165, 1.54) is 16.2 Å². The van der Waals surface area contributed by atoms with Crippen molar-refractivity contribution in [1.29, 1.82) is 0 Å². The number of aromatic amines is 1. The molecule has 0 saturated heterocycles. The van der Waals surface area contributed by atoms with E-state index in [1.807, 2.05) is 49.6 Å². The Labute approximate surface area is 199 Å². The van der Waals surface area contributed by atoms with E-state index in [-0.39, 0.29) is 17.9 Å². The molecule has 4 aromatic rings. The van der Waals surface area contributed by atoms with Gasteiger partial charge in [0, 0.05) is 34.3 Å². The quantitative estimate of drug-likeness (QED) is 0.395. The van der Waals surface area contributed by atoms with Crippen molar-refractivity contribution in [2.24, 2.45) is 0 Å². The van der Waals surface area contributed by atoms with Crippen molar-refractivity contribution >= 4 is 38.8 Å². The third kappa shape index (κ3) is 4.94. The van der Waals surface area contributed by atoms with Crippen LogP contribution in [-0.2, 0) is 17.8 Å². The van der Waals surface area contributed by atoms with Crippen LogP contribution in [0.5, 0.6) is 11.5 Å². The Morgan fingerprint density at radius 2 is 2.03 bits per heavy atom. The van der Waals surface area contributed by atoms with E-state index >= 15 is 0 Å². The zero-order chi connectivity index (χ0) is 23.5. The highest BCUT2D eigenvalue weighted by Crippen LogP contribution is 2.35. The number of nitrogens with zero attached hydrogens (tertiary/aromatic N) is 2. The van der Waals surface area contributed by atoms with E-state index in [0.29, 0.717) is 40.7 Å². The number of methoxy groups -OCH3 is 1. The number of carbonyl (C=O) groups excluding carboxylic acids is 1. The highest BCUT2D eigenvalue weighted by molar-refractivity contribution is 7.19. The van der Waals surface area contributed by atoms with Crippen LogP contribution < -0.4 is 15.0 Å². The number of ether oxygens (including phenoxy) is 2. The number of amides is 1. The highest BCUT2D eigenvalue weighted by atomic mass is 32.1. The van der Waals surface area contributed by atoms with E-state index in [9.17, 15) is 9.59 Å². The number of hydrogen-bond donors (Lipinski definition) is 1. The van der Waals surface area contributed by atoms with Crippen molar-refractivity contribution in [2.45, 2.75) is 26.8 Å². The van der Waals surface area contributed by atoms with Crippen LogP contribution in [0, 0.1) is 6.92 Å². The molecule has 0 atom stereocenters. The minimum atomic E-state index is -0.219. The summed E-state index contributed by atoms with van der Waals surface area (Å²) >= 11 is 3.06. The van der Waals surface area contributed by atoms with Crippen LogP contribution >= 0.6 is 22.7 Å². The number of likely N-dealkylation sites (N-methyl/N-ethyl adjacent to an activating group) is 1. The molecule has 1 N–H and O–H groups in total. The number of benzene rings is 1. The number of thiophene rings is 2. The van der Waals surface area contributed by atoms with Crippen LogP contribution in [0.1, 0.15) is 23.2 Å². The number of rotatable bonds is 8. The average Bonchev–Trinajstić information content (AvgIpc) is 3.41. The number of hydrogen-bond acceptors (Lipinski definition) is 7. The van der Waals surface area contributed by atoms with Gasteiger partial charge in [-0.25, -0.2) is 4.98 Å². The molecule has 3 heterocycles. The lowest BCUT2D eigenvalue weighted by atomic mass is 10.2. The molecule has 0 saturated carbocycles. The summed E-state index contributed by atoms with van der Waals surface area (Å²) in [4.78, 5) is 37.5. The Morgan fingerprint density at radius 1 is 1.21 bits per heavy atom. The standard InChI is InChI=1S/C24H25N3O4S2/c1-5-31-17-8-7-15(10-18(17)30-4)12-27(3)21(28)11-20-25-23(29)22-16(13-32-24(22)26-20)19-9-6-14(2)33-19/h6-10,13H,5,11-12H2,1-4H3,(H,25,26,29). The first-order chi connectivity index (χ1) is 15.9. The third-order valence-corrected chi connectivity index (χ3v) is 7.10. The lowest BCUT2D eigenvalue weighted by Crippen LogP contribution is -2.29. The molecule has 0 radical (unpaired) electrons. The molecule has 9 heteroatoms. The van der Waals surface area contributed by atoms with Gasteiger partial charge in [-0.3, -0.25) is 9.59 Å². The van der Waals surface area contributed by atoms with Gasteiger partial charge in [-0.15, -0.1) is 22.7 Å². The van der Waals surface area contributed by atoms with Gasteiger partial charge in [0.1, 0.15) is 10.7 Å². The number of carbonyl (C=O) groups is 1. The molecule has 0 unspecified atom stereocenters. The van der Waals surface area contributed by atoms with Gasteiger partial charge in [-0.2, -0.15) is 0 Å². The molecule has 4 rings (SSSR count). The minimum absolute atomic E-state index is 0.0151. The summed E-state index contributed by atoms with van der Waals surface area (Å²) in [6.45, 7) is 4.89. The molecule has 0 bridgehead atoms. The molecule has 0 aliphatic heterocycles. The molecule has 3 aromatic heterocycles. The Morgan fingerprint density at radius 3 is 2.73 bits per heavy atom. The van der Waals surface area contributed by atoms with Crippen molar-refractivity contribution < 1.29 is 14.3 Å². The predicted octanol–water partition coefficient (Wildman–Crippen LogP) is 4.63. The van der Waals surface area contributed by atoms with E-state index < -0.39 is 0 Å². The van der Waals surface area contributed by atoms with Crippen LogP contribution in [0.15, 0.2) is 40.5 Å². The molecular formula is C24H25N3O4S2. The summed E-state index contributed by atoms with van der Waals surface area (Å²) in [7, 11) is 3.31. The molecule has 7 nitrogen and oxygen atoms in total. The van der Waals surface area contributed by atoms with Gasteiger partial charge in [-0.05, 0) is 43.7 Å². The first-order valence-corrected chi connectivity index (χ1v) is 12.2. The molecule has 0 aliphatic carbocycles. The fraction of sp³-hybridized carbons (Fsp3) is 0.292. The topological polar surface area (TPSA) is 84.5 Å². The zero-order valence-corrected chi connectivity index (χ0v) is 20.6. The van der Waals surface area contributed by atoms with Crippen LogP contribution in [-0.4, -0.2) is 41.5 Å². The smallest absolute Gasteiger partial charge is 0.260 e. The van der Waals surface area contributed by atoms with Crippen LogP contribution in [0.3, 0.4) is 0 Å². The Hall–Kier alpha value is -3.17. The first kappa shape index (κ1) is 23.0. The molecule has 0 aliphatic rings. The summed E-state index contributed by atoms with van der Waals surface area (Å²) in [6, 6.07) is 9.66. The highest BCUT2D eigenvalue weighted by Gasteiger charge is 2.17. The number of aromatic nitrogens is 2. The molecule has 0 spiro atoms. The molecular weight excluding hydrogens is 458 g/mol. The summed E-state index contributed by atoms with van der Waals surface area (Å²) < 4.78 is 10.9. The maximum atomic E-state index is 12.8. The van der Waals surface area contributed by atoms with Gasteiger partial charge in [0.05, 0.1) is 25.5 Å². The summed E-state index contributed by atoms with van der Waals surface area (Å²) in [5.74, 6) is 1.52. The van der Waals surface area contributed by atoms with Gasteiger partial charge < -0.3 is 19.4 Å². The van der Waals surface area contributed by atoms with Crippen LogP contribution in [0.2, 0.25) is 0 Å². The summed E-state index contributed by atoms with van der Waals surface area (Å²) in [5.41, 5.74) is 1.59. The second-order valence-corrected chi connectivity index (χ2v) is 9.74. The molecule has 0 fully saturated rings. The monoisotopic (exact) mass is 483 g/mol. The van der Waals surface area contributed by atoms with Crippen LogP contribution in [0.25, 0.3) is 20.7 Å². The fourth-order valence-electron chi connectivity index (χ4n) is 3.56. The van der Waals surface area contributed by atoms with Crippen molar-refractivity contribution in [3.8, 4) is 21.9 Å². The fourth-order valence-corrected chi connectivity index (χ4v) is 5.49. The zero-order valence-electron chi connectivity index (χ0n) is 18.9. The Balaban J connectivity index is 1.50. The Kier molecular flexibility index (Phi) is 6.80. The van der Waals surface area contributed by atoms with Crippen LogP contribution in [0.4, 0.5) is 0 Å². The molecule has 33 heavy (non-hydrogen) atoms. The van der Waals surface area contributed by atoms with E-state index in [4.69, 9.17) is 9.47 Å². The van der Waals surface area contributed by atoms with Gasteiger partial charge in [0.15, 0.2) is 11.5 Å². The van der Waals surface area contributed by atoms with Crippen molar-refractivity contribution in [3.05, 3.63) is 62.3 Å². The molecule has 1 amide bonds. The van der Waals surface area contributed by atoms with Crippen molar-refractivity contribution in [3.63, 3.8) is 0 Å². The SMILES string of the molecule is CCOc1ccc(CN(C)C(=O)Cc2nc3scc(-c4ccc(C)s4)c3c(=O)[nH]2)cc1OC. The maximum absolute atomic E-state index is 12.8. The number of fused-ring (bicyclic) bond motifs is 1. The summed E-state index contributed by atoms with van der Waals surface area (Å²) in [6.07, 6.45) is 0.0151. The second kappa shape index (κ2) is 9.76. The maximum Gasteiger partial charge on any atom is 0.260 e. The first-order valence-electron chi connectivity index (χ1n) is 10.5. The van der Waals surface area contributed by atoms with Gasteiger partial charge in [0.25, 0.3) is 5.56 Å². The van der Waals surface area contributed by atoms with E-state index in [0.717, 1.165) is 16.0 Å². The third-order valence-electron chi connectivity index (χ3n) is 5.19. The number of aryl methyl sites for hydroxylation is 1. The minimum Gasteiger partial charge on any atom is -0.493 e. The largest absolute Gasteiger partial charge is 0.493 e. The van der Waals surface area contributed by atoms with Gasteiger partial charge in [-0.1, -0.05) is 6.07 Å². The van der Waals surface area contributed by atoms with Crippen molar-refractivity contribution in [2.75, 3.05) is 20.8 Å². The van der Waals surface area contributed by atoms with Gasteiger partial charge >= 0.3 is 0 Å². The number of H-pyrrole nitrogens is 1. The van der Waals surface area contributed by atoms with Gasteiger partial charge in [0.2, 0.25) is 5.91 Å². The molecule has 1 aromatic carbocycles. The predicted molar refractivity (Wildman–Crippen MR) is 133 cm³/mol. The Bertz CT molecular complexity index is 1360. The lowest BCUT2D eigenvalue weighted by Gasteiger charge is -2.18. The normalized spacial score (nSPS) is 11.0. The number of nitrogens with one attached hydrogen (secondary N) is 1. The molecule has 172 valence electrons. The van der Waals surface area contributed by atoms with Crippen molar-refractivity contribution in [1.82, 2.24) is 14.9 Å². The van der Waals surface area contributed by atoms with E-state index in [2.05, 4.69) is 9.97 Å². The van der Waals surface area contributed by atoms with E-state index in [1.54, 1.807) is 30.4 Å². The summed E-state index contributed by atoms with van der Waals surface area (Å²) in [5, 5.41) is 2.53. The lowest BCUT2D eigenvalue weighted by molar-refractivity contribution is -0.129. The second-order valence-electron chi connectivity index (χ2n) is 7.60.